The van der Waals surface area contributed by atoms with Gasteiger partial charge in [0.2, 0.25) is 0 Å². The van der Waals surface area contributed by atoms with Crippen LogP contribution in [0.15, 0.2) is 12.4 Å². The fourth-order valence-corrected chi connectivity index (χ4v) is 1.16. The molecule has 0 saturated heterocycles. The summed E-state index contributed by atoms with van der Waals surface area (Å²) in [5.74, 6) is 1.05. The Labute approximate surface area is 75.1 Å². The number of aliphatic hydroxyl groups is 1. The van der Waals surface area contributed by atoms with Crippen LogP contribution in [0.4, 0.5) is 0 Å². The molecule has 13 heavy (non-hydrogen) atoms. The number of aryl methyl sites for hydroxylation is 1. The summed E-state index contributed by atoms with van der Waals surface area (Å²) in [5, 5.41) is 16.5. The first-order valence-electron chi connectivity index (χ1n) is 4.14. The molecule has 0 fully saturated rings. The summed E-state index contributed by atoms with van der Waals surface area (Å²) in [6, 6.07) is 0. The van der Waals surface area contributed by atoms with E-state index in [1.165, 1.54) is 0 Å². The molecule has 1 N–H and O–H groups in total. The van der Waals surface area contributed by atoms with Crippen molar-refractivity contribution in [2.75, 3.05) is 0 Å². The Morgan fingerprint density at radius 2 is 2.31 bits per heavy atom. The van der Waals surface area contributed by atoms with Gasteiger partial charge in [0.15, 0.2) is 5.82 Å². The van der Waals surface area contributed by atoms with Gasteiger partial charge in [-0.25, -0.2) is 4.98 Å². The maximum atomic E-state index is 8.94. The third kappa shape index (κ3) is 1.27. The highest BCUT2D eigenvalue weighted by Crippen LogP contribution is 2.04. The standard InChI is InChI=1S/C8H10N4O/c1-2-6-3-9-8-11-10-7(5-13)12(8)4-6/h3-4,13H,2,5H2,1H3. The van der Waals surface area contributed by atoms with Gasteiger partial charge in [0.05, 0.1) is 0 Å². The Bertz CT molecular complexity index is 423. The SMILES string of the molecule is CCc1cnc2nnc(CO)n2c1. The predicted octanol–water partition coefficient (Wildman–Crippen LogP) is 0.179. The summed E-state index contributed by atoms with van der Waals surface area (Å²) in [6.45, 7) is 1.93. The Balaban J connectivity index is 2.64. The van der Waals surface area contributed by atoms with Crippen molar-refractivity contribution in [1.82, 2.24) is 19.6 Å². The van der Waals surface area contributed by atoms with E-state index in [-0.39, 0.29) is 6.61 Å². The molecule has 0 unspecified atom stereocenters. The lowest BCUT2D eigenvalue weighted by atomic mass is 10.3. The van der Waals surface area contributed by atoms with Crippen LogP contribution in [0.2, 0.25) is 0 Å². The molecule has 5 heteroatoms. The first kappa shape index (κ1) is 8.12. The average Bonchev–Trinajstić information content (AvgIpc) is 2.59. The van der Waals surface area contributed by atoms with Gasteiger partial charge in [-0.2, -0.15) is 0 Å². The molecular formula is C8H10N4O. The first-order valence-corrected chi connectivity index (χ1v) is 4.14. The zero-order valence-electron chi connectivity index (χ0n) is 7.30. The van der Waals surface area contributed by atoms with E-state index in [0.29, 0.717) is 11.6 Å². The molecule has 2 heterocycles. The van der Waals surface area contributed by atoms with Gasteiger partial charge in [-0.1, -0.05) is 6.92 Å². The van der Waals surface area contributed by atoms with Crippen LogP contribution in [0, 0.1) is 0 Å². The molecule has 0 bridgehead atoms. The Kier molecular flexibility index (Phi) is 1.94. The van der Waals surface area contributed by atoms with E-state index in [1.54, 1.807) is 10.6 Å². The average molecular weight is 178 g/mol. The summed E-state index contributed by atoms with van der Waals surface area (Å²) < 4.78 is 1.71. The molecule has 0 aliphatic rings. The molecule has 0 amide bonds. The summed E-state index contributed by atoms with van der Waals surface area (Å²) in [7, 11) is 0. The van der Waals surface area contributed by atoms with Crippen LogP contribution in [0.1, 0.15) is 18.3 Å². The number of nitrogens with zero attached hydrogens (tertiary/aromatic N) is 4. The van der Waals surface area contributed by atoms with Crippen LogP contribution >= 0.6 is 0 Å². The van der Waals surface area contributed by atoms with Gasteiger partial charge >= 0.3 is 0 Å². The van der Waals surface area contributed by atoms with Crippen molar-refractivity contribution >= 4 is 5.78 Å². The normalized spacial score (nSPS) is 10.9. The number of hydrogen-bond donors (Lipinski definition) is 1. The molecule has 0 saturated carbocycles. The van der Waals surface area contributed by atoms with Crippen molar-refractivity contribution in [3.05, 3.63) is 23.8 Å². The summed E-state index contributed by atoms with van der Waals surface area (Å²) >= 11 is 0. The maximum absolute atomic E-state index is 8.94. The lowest BCUT2D eigenvalue weighted by molar-refractivity contribution is 0.270. The number of aromatic nitrogens is 4. The van der Waals surface area contributed by atoms with Crippen molar-refractivity contribution < 1.29 is 5.11 Å². The Morgan fingerprint density at radius 3 is 3.00 bits per heavy atom. The smallest absolute Gasteiger partial charge is 0.255 e. The van der Waals surface area contributed by atoms with Gasteiger partial charge in [0.25, 0.3) is 5.78 Å². The van der Waals surface area contributed by atoms with Crippen molar-refractivity contribution in [3.8, 4) is 0 Å². The van der Waals surface area contributed by atoms with Crippen molar-refractivity contribution in [1.29, 1.82) is 0 Å². The maximum Gasteiger partial charge on any atom is 0.255 e. The highest BCUT2D eigenvalue weighted by atomic mass is 16.3. The molecular weight excluding hydrogens is 168 g/mol. The third-order valence-electron chi connectivity index (χ3n) is 1.94. The van der Waals surface area contributed by atoms with Gasteiger partial charge in [0, 0.05) is 12.4 Å². The number of rotatable bonds is 2. The van der Waals surface area contributed by atoms with Gasteiger partial charge in [0.1, 0.15) is 6.61 Å². The van der Waals surface area contributed by atoms with Crippen molar-refractivity contribution in [3.63, 3.8) is 0 Å². The summed E-state index contributed by atoms with van der Waals surface area (Å²) in [5.41, 5.74) is 1.10. The highest BCUT2D eigenvalue weighted by Gasteiger charge is 2.04. The minimum Gasteiger partial charge on any atom is -0.388 e. The van der Waals surface area contributed by atoms with Gasteiger partial charge in [-0.05, 0) is 12.0 Å². The number of aliphatic hydroxyl groups excluding tert-OH is 1. The molecule has 68 valence electrons. The lowest BCUT2D eigenvalue weighted by Gasteiger charge is -1.98. The van der Waals surface area contributed by atoms with E-state index in [0.717, 1.165) is 12.0 Å². The second-order valence-electron chi connectivity index (χ2n) is 2.76. The lowest BCUT2D eigenvalue weighted by Crippen LogP contribution is -1.97. The minimum absolute atomic E-state index is 0.115. The molecule has 0 aliphatic carbocycles. The quantitative estimate of drug-likeness (QED) is 0.712. The molecule has 2 rings (SSSR count). The van der Waals surface area contributed by atoms with Crippen LogP contribution in [0.25, 0.3) is 5.78 Å². The number of hydrogen-bond acceptors (Lipinski definition) is 4. The van der Waals surface area contributed by atoms with E-state index in [4.69, 9.17) is 5.11 Å². The van der Waals surface area contributed by atoms with E-state index in [1.807, 2.05) is 13.1 Å². The van der Waals surface area contributed by atoms with Crippen LogP contribution in [-0.4, -0.2) is 24.7 Å². The molecule has 2 aromatic rings. The fourth-order valence-electron chi connectivity index (χ4n) is 1.16. The van der Waals surface area contributed by atoms with E-state index in [2.05, 4.69) is 15.2 Å². The van der Waals surface area contributed by atoms with Crippen LogP contribution in [0.5, 0.6) is 0 Å². The monoisotopic (exact) mass is 178 g/mol. The molecule has 0 spiro atoms. The Hall–Kier alpha value is -1.49. The summed E-state index contributed by atoms with van der Waals surface area (Å²) in [4.78, 5) is 4.10. The second kappa shape index (κ2) is 3.10. The number of fused-ring (bicyclic) bond motifs is 1. The van der Waals surface area contributed by atoms with Crippen LogP contribution in [-0.2, 0) is 13.0 Å². The van der Waals surface area contributed by atoms with E-state index < -0.39 is 0 Å². The van der Waals surface area contributed by atoms with Gasteiger partial charge in [-0.3, -0.25) is 4.40 Å². The van der Waals surface area contributed by atoms with E-state index >= 15 is 0 Å². The second-order valence-corrected chi connectivity index (χ2v) is 2.76. The fraction of sp³-hybridized carbons (Fsp3) is 0.375. The molecule has 5 nitrogen and oxygen atoms in total. The highest BCUT2D eigenvalue weighted by molar-refractivity contribution is 5.28. The molecule has 0 aromatic carbocycles. The molecule has 2 aromatic heterocycles. The van der Waals surface area contributed by atoms with Gasteiger partial charge < -0.3 is 5.11 Å². The molecule has 0 aliphatic heterocycles. The Morgan fingerprint density at radius 1 is 1.46 bits per heavy atom. The van der Waals surface area contributed by atoms with Crippen molar-refractivity contribution in [2.24, 2.45) is 0 Å². The molecule has 0 atom stereocenters. The molecule has 0 radical (unpaired) electrons. The predicted molar refractivity (Wildman–Crippen MR) is 46.1 cm³/mol. The summed E-state index contributed by atoms with van der Waals surface area (Å²) in [6.07, 6.45) is 4.57. The first-order chi connectivity index (χ1) is 6.35. The van der Waals surface area contributed by atoms with Crippen LogP contribution < -0.4 is 0 Å². The van der Waals surface area contributed by atoms with Crippen molar-refractivity contribution in [2.45, 2.75) is 20.0 Å². The largest absolute Gasteiger partial charge is 0.388 e. The van der Waals surface area contributed by atoms with Gasteiger partial charge in [-0.15, -0.1) is 10.2 Å². The van der Waals surface area contributed by atoms with E-state index in [9.17, 15) is 0 Å². The zero-order chi connectivity index (χ0) is 9.26. The topological polar surface area (TPSA) is 63.3 Å². The zero-order valence-corrected chi connectivity index (χ0v) is 7.30. The van der Waals surface area contributed by atoms with Crippen LogP contribution in [0.3, 0.4) is 0 Å². The third-order valence-corrected chi connectivity index (χ3v) is 1.94. The minimum atomic E-state index is -0.115.